The van der Waals surface area contributed by atoms with Crippen LogP contribution in [0.25, 0.3) is 0 Å². The van der Waals surface area contributed by atoms with Crippen molar-refractivity contribution in [2.24, 2.45) is 0 Å². The quantitative estimate of drug-likeness (QED) is 0.690. The van der Waals surface area contributed by atoms with Gasteiger partial charge in [0.25, 0.3) is 0 Å². The molecule has 0 aliphatic heterocycles. The Hall–Kier alpha value is -1.89. The second kappa shape index (κ2) is 6.89. The Morgan fingerprint density at radius 1 is 1.53 bits per heavy atom. The van der Waals surface area contributed by atoms with E-state index in [0.29, 0.717) is 6.54 Å². The number of aromatic nitrogens is 2. The molecule has 0 radical (unpaired) electrons. The predicted molar refractivity (Wildman–Crippen MR) is 70.1 cm³/mol. The molecule has 0 aliphatic carbocycles. The average molecular weight is 268 g/mol. The van der Waals surface area contributed by atoms with Gasteiger partial charge in [-0.1, -0.05) is 0 Å². The number of carboxylic acid groups (broad SMARTS) is 1. The van der Waals surface area contributed by atoms with E-state index < -0.39 is 12.0 Å². The second-order valence-electron chi connectivity index (χ2n) is 4.61. The van der Waals surface area contributed by atoms with Crippen molar-refractivity contribution in [1.82, 2.24) is 20.0 Å². The van der Waals surface area contributed by atoms with Gasteiger partial charge in [0.1, 0.15) is 6.04 Å². The molecule has 1 aromatic rings. The smallest absolute Gasteiger partial charge is 0.356 e. The second-order valence-corrected chi connectivity index (χ2v) is 4.61. The number of carboxylic acids is 1. The van der Waals surface area contributed by atoms with E-state index in [4.69, 9.17) is 5.11 Å². The minimum Gasteiger partial charge on any atom is -0.476 e. The fraction of sp³-hybridized carbons (Fsp3) is 0.583. The van der Waals surface area contributed by atoms with Gasteiger partial charge in [0.05, 0.1) is 0 Å². The van der Waals surface area contributed by atoms with Gasteiger partial charge in [0.2, 0.25) is 5.91 Å². The molecule has 0 fully saturated rings. The maximum atomic E-state index is 11.8. The molecule has 7 nitrogen and oxygen atoms in total. The van der Waals surface area contributed by atoms with Crippen LogP contribution in [-0.4, -0.2) is 58.8 Å². The lowest BCUT2D eigenvalue weighted by Gasteiger charge is -2.14. The minimum atomic E-state index is -1.10. The van der Waals surface area contributed by atoms with Gasteiger partial charge in [-0.3, -0.25) is 9.48 Å². The Labute approximate surface area is 112 Å². The number of carbonyl (C=O) groups excluding carboxylic acids is 1. The lowest BCUT2D eigenvalue weighted by atomic mass is 10.3. The zero-order chi connectivity index (χ0) is 14.4. The Morgan fingerprint density at radius 2 is 2.21 bits per heavy atom. The third kappa shape index (κ3) is 4.70. The van der Waals surface area contributed by atoms with Crippen molar-refractivity contribution < 1.29 is 14.7 Å². The number of nitrogens with zero attached hydrogens (tertiary/aromatic N) is 3. The fourth-order valence-corrected chi connectivity index (χ4v) is 1.54. The Morgan fingerprint density at radius 3 is 2.74 bits per heavy atom. The topological polar surface area (TPSA) is 87.5 Å². The van der Waals surface area contributed by atoms with Crippen LogP contribution < -0.4 is 5.32 Å². The van der Waals surface area contributed by atoms with Crippen LogP contribution in [-0.2, 0) is 4.79 Å². The third-order valence-electron chi connectivity index (χ3n) is 2.69. The fourth-order valence-electron chi connectivity index (χ4n) is 1.54. The van der Waals surface area contributed by atoms with Crippen LogP contribution in [0, 0.1) is 0 Å². The molecule has 0 aliphatic rings. The number of carbonyl (C=O) groups is 2. The number of nitrogens with one attached hydrogen (secondary N) is 1. The van der Waals surface area contributed by atoms with Gasteiger partial charge in [0, 0.05) is 12.7 Å². The molecule has 0 bridgehead atoms. The molecule has 1 amide bonds. The summed E-state index contributed by atoms with van der Waals surface area (Å²) in [7, 11) is 3.95. The van der Waals surface area contributed by atoms with Crippen molar-refractivity contribution in [2.75, 3.05) is 27.2 Å². The summed E-state index contributed by atoms with van der Waals surface area (Å²) in [5.74, 6) is -1.27. The SMILES string of the molecule is CC(C(=O)NCCCN(C)C)n1ccc(C(=O)O)n1. The van der Waals surface area contributed by atoms with Gasteiger partial charge in [0.15, 0.2) is 5.69 Å². The molecule has 1 atom stereocenters. The normalized spacial score (nSPS) is 12.4. The summed E-state index contributed by atoms with van der Waals surface area (Å²) in [5, 5.41) is 15.4. The van der Waals surface area contributed by atoms with E-state index in [1.54, 1.807) is 6.92 Å². The number of hydrogen-bond acceptors (Lipinski definition) is 4. The zero-order valence-corrected chi connectivity index (χ0v) is 11.5. The molecule has 0 saturated heterocycles. The molecular weight excluding hydrogens is 248 g/mol. The number of amides is 1. The first kappa shape index (κ1) is 15.2. The largest absolute Gasteiger partial charge is 0.476 e. The average Bonchev–Trinajstić information content (AvgIpc) is 2.82. The van der Waals surface area contributed by atoms with Crippen LogP contribution >= 0.6 is 0 Å². The summed E-state index contributed by atoms with van der Waals surface area (Å²) in [6.45, 7) is 3.17. The van der Waals surface area contributed by atoms with E-state index in [2.05, 4.69) is 10.4 Å². The van der Waals surface area contributed by atoms with Crippen LogP contribution in [0.4, 0.5) is 0 Å². The number of rotatable bonds is 7. The molecule has 7 heteroatoms. The van der Waals surface area contributed by atoms with Crippen LogP contribution in [0.5, 0.6) is 0 Å². The highest BCUT2D eigenvalue weighted by Gasteiger charge is 2.17. The maximum Gasteiger partial charge on any atom is 0.356 e. The molecule has 1 unspecified atom stereocenters. The molecule has 1 aromatic heterocycles. The third-order valence-corrected chi connectivity index (χ3v) is 2.69. The summed E-state index contributed by atoms with van der Waals surface area (Å²) in [4.78, 5) is 24.6. The Balaban J connectivity index is 2.45. The number of hydrogen-bond donors (Lipinski definition) is 2. The number of aromatic carboxylic acids is 1. The van der Waals surface area contributed by atoms with Gasteiger partial charge < -0.3 is 15.3 Å². The first-order chi connectivity index (χ1) is 8.91. The van der Waals surface area contributed by atoms with Crippen LogP contribution in [0.15, 0.2) is 12.3 Å². The molecule has 0 spiro atoms. The summed E-state index contributed by atoms with van der Waals surface area (Å²) in [6, 6.07) is 0.852. The van der Waals surface area contributed by atoms with Gasteiger partial charge in [-0.05, 0) is 40.1 Å². The molecule has 0 aromatic carbocycles. The lowest BCUT2D eigenvalue weighted by molar-refractivity contribution is -0.124. The van der Waals surface area contributed by atoms with Crippen molar-refractivity contribution in [3.05, 3.63) is 18.0 Å². The first-order valence-corrected chi connectivity index (χ1v) is 6.12. The molecule has 106 valence electrons. The van der Waals surface area contributed by atoms with Gasteiger partial charge >= 0.3 is 5.97 Å². The van der Waals surface area contributed by atoms with Gasteiger partial charge in [-0.2, -0.15) is 5.10 Å². The molecule has 0 saturated carbocycles. The molecule has 1 rings (SSSR count). The zero-order valence-electron chi connectivity index (χ0n) is 11.5. The van der Waals surface area contributed by atoms with Gasteiger partial charge in [-0.15, -0.1) is 0 Å². The van der Waals surface area contributed by atoms with Crippen molar-refractivity contribution in [3.8, 4) is 0 Å². The highest BCUT2D eigenvalue weighted by atomic mass is 16.4. The monoisotopic (exact) mass is 268 g/mol. The molecule has 19 heavy (non-hydrogen) atoms. The van der Waals surface area contributed by atoms with E-state index in [1.165, 1.54) is 16.9 Å². The maximum absolute atomic E-state index is 11.8. The van der Waals surface area contributed by atoms with Crippen LogP contribution in [0.3, 0.4) is 0 Å². The van der Waals surface area contributed by atoms with E-state index in [-0.39, 0.29) is 11.6 Å². The summed E-state index contributed by atoms with van der Waals surface area (Å²) in [5.41, 5.74) is -0.0627. The van der Waals surface area contributed by atoms with E-state index in [0.717, 1.165) is 13.0 Å². The van der Waals surface area contributed by atoms with Crippen LogP contribution in [0.1, 0.15) is 29.9 Å². The Kier molecular flexibility index (Phi) is 5.50. The van der Waals surface area contributed by atoms with Crippen LogP contribution in [0.2, 0.25) is 0 Å². The van der Waals surface area contributed by atoms with Crippen molar-refractivity contribution in [3.63, 3.8) is 0 Å². The highest BCUT2D eigenvalue weighted by Crippen LogP contribution is 2.06. The summed E-state index contributed by atoms with van der Waals surface area (Å²) in [6.07, 6.45) is 2.36. The lowest BCUT2D eigenvalue weighted by Crippen LogP contribution is -2.33. The summed E-state index contributed by atoms with van der Waals surface area (Å²) < 4.78 is 1.35. The van der Waals surface area contributed by atoms with E-state index in [9.17, 15) is 9.59 Å². The molecule has 2 N–H and O–H groups in total. The Bertz CT molecular complexity index is 442. The predicted octanol–water partition coefficient (Wildman–Crippen LogP) is 0.210. The minimum absolute atomic E-state index is 0.0627. The van der Waals surface area contributed by atoms with Crippen molar-refractivity contribution >= 4 is 11.9 Å². The van der Waals surface area contributed by atoms with E-state index in [1.807, 2.05) is 19.0 Å². The first-order valence-electron chi connectivity index (χ1n) is 6.12. The van der Waals surface area contributed by atoms with Crippen molar-refractivity contribution in [1.29, 1.82) is 0 Å². The van der Waals surface area contributed by atoms with E-state index >= 15 is 0 Å². The van der Waals surface area contributed by atoms with Gasteiger partial charge in [-0.25, -0.2) is 4.79 Å². The highest BCUT2D eigenvalue weighted by molar-refractivity contribution is 5.85. The molecular formula is C12H20N4O3. The molecule has 1 heterocycles. The summed E-state index contributed by atoms with van der Waals surface area (Å²) >= 11 is 0. The standard InChI is InChI=1S/C12H20N4O3/c1-9(11(17)13-6-4-7-15(2)3)16-8-5-10(14-16)12(18)19/h5,8-9H,4,6-7H2,1-3H3,(H,13,17)(H,18,19). The van der Waals surface area contributed by atoms with Crippen molar-refractivity contribution in [2.45, 2.75) is 19.4 Å².